The molecule has 0 aromatic rings. The molecule has 0 aliphatic carbocycles. The zero-order valence-corrected chi connectivity index (χ0v) is 9.38. The van der Waals surface area contributed by atoms with Gasteiger partial charge in [0.15, 0.2) is 0 Å². The van der Waals surface area contributed by atoms with Gasteiger partial charge in [-0.15, -0.1) is 0 Å². The quantitative estimate of drug-likeness (QED) is 0.648. The number of hydrogen-bond donors (Lipinski definition) is 0. The molecule has 1 aliphatic heterocycles. The molecule has 1 fully saturated rings. The van der Waals surface area contributed by atoms with Crippen molar-refractivity contribution >= 4 is 0 Å². The average molecular weight is 184 g/mol. The third-order valence-corrected chi connectivity index (χ3v) is 3.38. The van der Waals surface area contributed by atoms with Crippen molar-refractivity contribution in [3.8, 4) is 0 Å². The van der Waals surface area contributed by atoms with Crippen LogP contribution in [0.15, 0.2) is 0 Å². The fraction of sp³-hybridized carbons (Fsp3) is 1.00. The van der Waals surface area contributed by atoms with E-state index < -0.39 is 0 Å². The molecule has 1 unspecified atom stereocenters. The molecule has 0 saturated carbocycles. The van der Waals surface area contributed by atoms with E-state index in [2.05, 4.69) is 20.8 Å². The Morgan fingerprint density at radius 1 is 1.15 bits per heavy atom. The number of rotatable bonds is 4. The first-order chi connectivity index (χ1) is 6.31. The highest BCUT2D eigenvalue weighted by molar-refractivity contribution is 4.77. The largest absolute Gasteiger partial charge is 0.378 e. The van der Waals surface area contributed by atoms with Crippen LogP contribution in [0.25, 0.3) is 0 Å². The summed E-state index contributed by atoms with van der Waals surface area (Å²) >= 11 is 0. The van der Waals surface area contributed by atoms with Crippen molar-refractivity contribution in [1.29, 1.82) is 0 Å². The fourth-order valence-corrected chi connectivity index (χ4v) is 2.36. The number of hydrogen-bond acceptors (Lipinski definition) is 1. The van der Waals surface area contributed by atoms with E-state index in [4.69, 9.17) is 4.74 Å². The molecule has 1 heterocycles. The van der Waals surface area contributed by atoms with Crippen LogP contribution in [0.3, 0.4) is 0 Å². The van der Waals surface area contributed by atoms with Gasteiger partial charge in [0.1, 0.15) is 0 Å². The van der Waals surface area contributed by atoms with Crippen LogP contribution in [0.4, 0.5) is 0 Å². The SMILES string of the molecule is CCC[C@H]1OC[C@H](CC)CC1CC. The average Bonchev–Trinajstić information content (AvgIpc) is 2.19. The van der Waals surface area contributed by atoms with Crippen molar-refractivity contribution in [3.63, 3.8) is 0 Å². The predicted octanol–water partition coefficient (Wildman–Crippen LogP) is 3.63. The Balaban J connectivity index is 2.40. The van der Waals surface area contributed by atoms with E-state index >= 15 is 0 Å². The zero-order chi connectivity index (χ0) is 9.68. The molecule has 3 atom stereocenters. The van der Waals surface area contributed by atoms with Crippen molar-refractivity contribution in [2.45, 2.75) is 59.0 Å². The lowest BCUT2D eigenvalue weighted by Gasteiger charge is -2.35. The molecule has 0 bridgehead atoms. The standard InChI is InChI=1S/C12H24O/c1-4-7-12-11(6-3)8-10(5-2)9-13-12/h10-12H,4-9H2,1-3H3/t10-,11?,12-/m1/s1. The van der Waals surface area contributed by atoms with Crippen molar-refractivity contribution in [1.82, 2.24) is 0 Å². The molecule has 0 N–H and O–H groups in total. The Bertz CT molecular complexity index is 133. The third-order valence-electron chi connectivity index (χ3n) is 3.38. The van der Waals surface area contributed by atoms with Crippen LogP contribution >= 0.6 is 0 Å². The monoisotopic (exact) mass is 184 g/mol. The Morgan fingerprint density at radius 3 is 2.46 bits per heavy atom. The van der Waals surface area contributed by atoms with Gasteiger partial charge < -0.3 is 4.74 Å². The summed E-state index contributed by atoms with van der Waals surface area (Å²) in [5.74, 6) is 1.66. The van der Waals surface area contributed by atoms with E-state index in [1.165, 1.54) is 32.1 Å². The lowest BCUT2D eigenvalue weighted by molar-refractivity contribution is -0.0618. The Labute approximate surface area is 82.9 Å². The minimum Gasteiger partial charge on any atom is -0.378 e. The molecule has 0 amide bonds. The molecule has 0 aromatic carbocycles. The van der Waals surface area contributed by atoms with Crippen LogP contribution in [0.2, 0.25) is 0 Å². The summed E-state index contributed by atoms with van der Waals surface area (Å²) in [5.41, 5.74) is 0. The van der Waals surface area contributed by atoms with E-state index in [1.54, 1.807) is 0 Å². The smallest absolute Gasteiger partial charge is 0.0603 e. The highest BCUT2D eigenvalue weighted by Gasteiger charge is 2.28. The van der Waals surface area contributed by atoms with Gasteiger partial charge in [-0.05, 0) is 24.7 Å². The topological polar surface area (TPSA) is 9.23 Å². The maximum atomic E-state index is 5.93. The van der Waals surface area contributed by atoms with E-state index in [0.29, 0.717) is 6.10 Å². The second-order valence-electron chi connectivity index (χ2n) is 4.34. The first-order valence-corrected chi connectivity index (χ1v) is 5.93. The molecule has 0 aromatic heterocycles. The first kappa shape index (κ1) is 11.0. The van der Waals surface area contributed by atoms with Crippen LogP contribution in [0.5, 0.6) is 0 Å². The summed E-state index contributed by atoms with van der Waals surface area (Å²) in [4.78, 5) is 0. The summed E-state index contributed by atoms with van der Waals surface area (Å²) in [5, 5.41) is 0. The Hall–Kier alpha value is -0.0400. The van der Waals surface area contributed by atoms with Crippen LogP contribution in [0, 0.1) is 11.8 Å². The minimum atomic E-state index is 0.567. The minimum absolute atomic E-state index is 0.567. The normalized spacial score (nSPS) is 34.8. The van der Waals surface area contributed by atoms with Gasteiger partial charge in [0.05, 0.1) is 6.10 Å². The highest BCUT2D eigenvalue weighted by Crippen LogP contribution is 2.31. The van der Waals surface area contributed by atoms with Crippen LogP contribution in [0.1, 0.15) is 52.9 Å². The fourth-order valence-electron chi connectivity index (χ4n) is 2.36. The van der Waals surface area contributed by atoms with Crippen molar-refractivity contribution in [2.24, 2.45) is 11.8 Å². The third kappa shape index (κ3) is 2.98. The van der Waals surface area contributed by atoms with Gasteiger partial charge in [0, 0.05) is 6.61 Å². The van der Waals surface area contributed by atoms with E-state index in [0.717, 1.165) is 18.4 Å². The molecule has 1 nitrogen and oxygen atoms in total. The van der Waals surface area contributed by atoms with Crippen LogP contribution in [-0.4, -0.2) is 12.7 Å². The maximum Gasteiger partial charge on any atom is 0.0603 e. The number of ether oxygens (including phenoxy) is 1. The molecule has 1 saturated heterocycles. The zero-order valence-electron chi connectivity index (χ0n) is 9.38. The maximum absolute atomic E-state index is 5.93. The highest BCUT2D eigenvalue weighted by atomic mass is 16.5. The summed E-state index contributed by atoms with van der Waals surface area (Å²) in [6, 6.07) is 0. The van der Waals surface area contributed by atoms with E-state index in [9.17, 15) is 0 Å². The molecule has 13 heavy (non-hydrogen) atoms. The molecule has 0 radical (unpaired) electrons. The van der Waals surface area contributed by atoms with Gasteiger partial charge in [-0.2, -0.15) is 0 Å². The molecule has 78 valence electrons. The van der Waals surface area contributed by atoms with Crippen LogP contribution < -0.4 is 0 Å². The van der Waals surface area contributed by atoms with E-state index in [-0.39, 0.29) is 0 Å². The summed E-state index contributed by atoms with van der Waals surface area (Å²) < 4.78 is 5.93. The van der Waals surface area contributed by atoms with Crippen molar-refractivity contribution in [3.05, 3.63) is 0 Å². The molecular formula is C12H24O. The van der Waals surface area contributed by atoms with E-state index in [1.807, 2.05) is 0 Å². The van der Waals surface area contributed by atoms with Crippen molar-refractivity contribution < 1.29 is 4.74 Å². The van der Waals surface area contributed by atoms with Gasteiger partial charge in [-0.25, -0.2) is 0 Å². The molecule has 0 spiro atoms. The van der Waals surface area contributed by atoms with Gasteiger partial charge in [0.25, 0.3) is 0 Å². The molecular weight excluding hydrogens is 160 g/mol. The van der Waals surface area contributed by atoms with Gasteiger partial charge >= 0.3 is 0 Å². The van der Waals surface area contributed by atoms with Gasteiger partial charge in [-0.1, -0.05) is 40.0 Å². The van der Waals surface area contributed by atoms with Gasteiger partial charge in [-0.3, -0.25) is 0 Å². The first-order valence-electron chi connectivity index (χ1n) is 5.93. The Morgan fingerprint density at radius 2 is 1.92 bits per heavy atom. The summed E-state index contributed by atoms with van der Waals surface area (Å²) in [6.45, 7) is 7.84. The predicted molar refractivity (Wildman–Crippen MR) is 56.8 cm³/mol. The Kier molecular flexibility index (Phi) is 4.79. The molecule has 1 heteroatoms. The second-order valence-corrected chi connectivity index (χ2v) is 4.34. The lowest BCUT2D eigenvalue weighted by Crippen LogP contribution is -2.34. The molecule has 1 rings (SSSR count). The van der Waals surface area contributed by atoms with Crippen molar-refractivity contribution in [2.75, 3.05) is 6.61 Å². The van der Waals surface area contributed by atoms with Gasteiger partial charge in [0.2, 0.25) is 0 Å². The summed E-state index contributed by atoms with van der Waals surface area (Å²) in [6.07, 6.45) is 7.07. The second kappa shape index (κ2) is 5.64. The summed E-state index contributed by atoms with van der Waals surface area (Å²) in [7, 11) is 0. The van der Waals surface area contributed by atoms with Crippen LogP contribution in [-0.2, 0) is 4.74 Å². The lowest BCUT2D eigenvalue weighted by atomic mass is 9.83. The molecule has 1 aliphatic rings.